The van der Waals surface area contributed by atoms with E-state index in [2.05, 4.69) is 45.1 Å². The van der Waals surface area contributed by atoms with Gasteiger partial charge in [0.05, 0.1) is 0 Å². The van der Waals surface area contributed by atoms with Crippen LogP contribution in [0, 0.1) is 0 Å². The van der Waals surface area contributed by atoms with E-state index in [4.69, 9.17) is 14.2 Å². The van der Waals surface area contributed by atoms with Gasteiger partial charge in [0.2, 0.25) is 0 Å². The van der Waals surface area contributed by atoms with Crippen LogP contribution in [0.4, 0.5) is 0 Å². The third-order valence-corrected chi connectivity index (χ3v) is 11.4. The monoisotopic (exact) mass is 831 g/mol. The van der Waals surface area contributed by atoms with E-state index >= 15 is 0 Å². The van der Waals surface area contributed by atoms with Gasteiger partial charge in [-0.2, -0.15) is 0 Å². The summed E-state index contributed by atoms with van der Waals surface area (Å²) in [4.78, 5) is 37.9. The number of carbonyl (C=O) groups is 3. The standard InChI is InChI=1S/C53H98O6/c1-4-7-10-13-16-19-22-24-25-26-27-28-29-32-34-37-40-43-46-52(55)58-49-50(48-57-51(54)45-42-39-36-33-30-21-18-15-12-9-6-3)59-53(56)47-44-41-38-35-31-23-20-17-14-11-8-5-2/h17,20,27-28,50H,4-16,18-19,21-26,29-49H2,1-3H3/b20-17-,28-27-. The normalized spacial score (nSPS) is 12.1. The van der Waals surface area contributed by atoms with Gasteiger partial charge < -0.3 is 14.2 Å². The highest BCUT2D eigenvalue weighted by molar-refractivity contribution is 5.71. The first-order valence-electron chi connectivity index (χ1n) is 25.8. The van der Waals surface area contributed by atoms with Gasteiger partial charge in [-0.05, 0) is 70.6 Å². The van der Waals surface area contributed by atoms with Crippen molar-refractivity contribution in [3.8, 4) is 0 Å². The molecule has 59 heavy (non-hydrogen) atoms. The summed E-state index contributed by atoms with van der Waals surface area (Å²) >= 11 is 0. The van der Waals surface area contributed by atoms with Crippen molar-refractivity contribution in [3.63, 3.8) is 0 Å². The molecule has 0 aliphatic rings. The predicted molar refractivity (Wildman–Crippen MR) is 252 cm³/mol. The van der Waals surface area contributed by atoms with Crippen molar-refractivity contribution in [3.05, 3.63) is 24.3 Å². The van der Waals surface area contributed by atoms with E-state index in [1.54, 1.807) is 0 Å². The Bertz CT molecular complexity index is 958. The molecule has 0 saturated heterocycles. The van der Waals surface area contributed by atoms with E-state index in [-0.39, 0.29) is 31.1 Å². The van der Waals surface area contributed by atoms with Crippen molar-refractivity contribution in [2.45, 2.75) is 284 Å². The van der Waals surface area contributed by atoms with Crippen molar-refractivity contribution < 1.29 is 28.6 Å². The molecule has 0 aromatic carbocycles. The molecule has 0 amide bonds. The number of hydrogen-bond donors (Lipinski definition) is 0. The van der Waals surface area contributed by atoms with Crippen LogP contribution in [0.25, 0.3) is 0 Å². The van der Waals surface area contributed by atoms with Gasteiger partial charge in [-0.25, -0.2) is 0 Å². The zero-order valence-corrected chi connectivity index (χ0v) is 39.5. The van der Waals surface area contributed by atoms with E-state index in [0.29, 0.717) is 19.3 Å². The van der Waals surface area contributed by atoms with Gasteiger partial charge >= 0.3 is 17.9 Å². The Morgan fingerprint density at radius 2 is 0.559 bits per heavy atom. The van der Waals surface area contributed by atoms with E-state index in [0.717, 1.165) is 70.6 Å². The van der Waals surface area contributed by atoms with E-state index in [1.807, 2.05) is 0 Å². The second-order valence-electron chi connectivity index (χ2n) is 17.4. The predicted octanol–water partition coefficient (Wildman–Crippen LogP) is 16.8. The second-order valence-corrected chi connectivity index (χ2v) is 17.4. The number of esters is 3. The number of hydrogen-bond acceptors (Lipinski definition) is 6. The van der Waals surface area contributed by atoms with Gasteiger partial charge in [0, 0.05) is 19.3 Å². The van der Waals surface area contributed by atoms with Gasteiger partial charge in [0.15, 0.2) is 6.10 Å². The molecular formula is C53H98O6. The van der Waals surface area contributed by atoms with Crippen molar-refractivity contribution in [2.75, 3.05) is 13.2 Å². The summed E-state index contributed by atoms with van der Waals surface area (Å²) in [5.41, 5.74) is 0. The minimum Gasteiger partial charge on any atom is -0.462 e. The summed E-state index contributed by atoms with van der Waals surface area (Å²) in [6.07, 6.45) is 54.5. The summed E-state index contributed by atoms with van der Waals surface area (Å²) in [5.74, 6) is -0.882. The molecule has 6 nitrogen and oxygen atoms in total. The number of unbranched alkanes of at least 4 members (excludes halogenated alkanes) is 32. The molecule has 0 N–H and O–H groups in total. The lowest BCUT2D eigenvalue weighted by molar-refractivity contribution is -0.167. The molecule has 0 heterocycles. The summed E-state index contributed by atoms with van der Waals surface area (Å²) in [7, 11) is 0. The maximum Gasteiger partial charge on any atom is 0.306 e. The van der Waals surface area contributed by atoms with Crippen molar-refractivity contribution in [2.24, 2.45) is 0 Å². The Labute approximate surface area is 366 Å². The molecule has 0 aromatic rings. The molecule has 0 saturated carbocycles. The average Bonchev–Trinajstić information content (AvgIpc) is 3.23. The zero-order chi connectivity index (χ0) is 43.0. The Kier molecular flexibility index (Phi) is 46.8. The molecular weight excluding hydrogens is 733 g/mol. The maximum absolute atomic E-state index is 12.7. The number of ether oxygens (including phenoxy) is 3. The van der Waals surface area contributed by atoms with Crippen LogP contribution in [0.3, 0.4) is 0 Å². The Morgan fingerprint density at radius 3 is 0.881 bits per heavy atom. The average molecular weight is 831 g/mol. The van der Waals surface area contributed by atoms with E-state index in [1.165, 1.54) is 167 Å². The summed E-state index contributed by atoms with van der Waals surface area (Å²) in [5, 5.41) is 0. The van der Waals surface area contributed by atoms with Crippen LogP contribution in [-0.4, -0.2) is 37.2 Å². The zero-order valence-electron chi connectivity index (χ0n) is 39.5. The third kappa shape index (κ3) is 46.8. The summed E-state index contributed by atoms with van der Waals surface area (Å²) in [6.45, 7) is 6.61. The highest BCUT2D eigenvalue weighted by Crippen LogP contribution is 2.15. The van der Waals surface area contributed by atoms with Crippen LogP contribution in [0.1, 0.15) is 278 Å². The Hall–Kier alpha value is -2.11. The van der Waals surface area contributed by atoms with E-state index < -0.39 is 6.10 Å². The van der Waals surface area contributed by atoms with Gasteiger partial charge in [-0.15, -0.1) is 0 Å². The molecule has 0 rings (SSSR count). The fourth-order valence-electron chi connectivity index (χ4n) is 7.49. The number of carbonyl (C=O) groups excluding carboxylic acids is 3. The van der Waals surface area contributed by atoms with Crippen LogP contribution < -0.4 is 0 Å². The quantitative estimate of drug-likeness (QED) is 0.0263. The lowest BCUT2D eigenvalue weighted by Crippen LogP contribution is -2.30. The van der Waals surface area contributed by atoms with Crippen LogP contribution in [0.5, 0.6) is 0 Å². The molecule has 0 aromatic heterocycles. The number of rotatable bonds is 47. The first-order chi connectivity index (χ1) is 29.0. The fraction of sp³-hybridized carbons (Fsp3) is 0.868. The molecule has 0 aliphatic heterocycles. The highest BCUT2D eigenvalue weighted by atomic mass is 16.6. The molecule has 6 heteroatoms. The third-order valence-electron chi connectivity index (χ3n) is 11.4. The molecule has 0 fully saturated rings. The minimum atomic E-state index is -0.773. The molecule has 0 bridgehead atoms. The van der Waals surface area contributed by atoms with Gasteiger partial charge in [-0.3, -0.25) is 14.4 Å². The smallest absolute Gasteiger partial charge is 0.306 e. The molecule has 346 valence electrons. The topological polar surface area (TPSA) is 78.9 Å². The van der Waals surface area contributed by atoms with Gasteiger partial charge in [0.1, 0.15) is 13.2 Å². The van der Waals surface area contributed by atoms with Crippen molar-refractivity contribution in [1.29, 1.82) is 0 Å². The van der Waals surface area contributed by atoms with Crippen LogP contribution >= 0.6 is 0 Å². The van der Waals surface area contributed by atoms with Crippen LogP contribution in [0.2, 0.25) is 0 Å². The second kappa shape index (κ2) is 48.6. The van der Waals surface area contributed by atoms with Crippen LogP contribution in [0.15, 0.2) is 24.3 Å². The lowest BCUT2D eigenvalue weighted by atomic mass is 10.1. The lowest BCUT2D eigenvalue weighted by Gasteiger charge is -2.18. The first kappa shape index (κ1) is 56.9. The molecule has 0 spiro atoms. The molecule has 0 aliphatic carbocycles. The molecule has 1 unspecified atom stereocenters. The van der Waals surface area contributed by atoms with Crippen molar-refractivity contribution in [1.82, 2.24) is 0 Å². The SMILES string of the molecule is CCCCC/C=C\CCCCCCCC(=O)OC(COC(=O)CCCCCCC/C=C\CCCCCCCCCCC)COC(=O)CCCCCCCCCCCCC. The van der Waals surface area contributed by atoms with E-state index in [9.17, 15) is 14.4 Å². The van der Waals surface area contributed by atoms with Crippen molar-refractivity contribution >= 4 is 17.9 Å². The number of allylic oxidation sites excluding steroid dienone is 4. The maximum atomic E-state index is 12.7. The highest BCUT2D eigenvalue weighted by Gasteiger charge is 2.19. The molecule has 1 atom stereocenters. The fourth-order valence-corrected chi connectivity index (χ4v) is 7.49. The Balaban J connectivity index is 4.31. The molecule has 0 radical (unpaired) electrons. The Morgan fingerprint density at radius 1 is 0.322 bits per heavy atom. The minimum absolute atomic E-state index is 0.0739. The van der Waals surface area contributed by atoms with Gasteiger partial charge in [-0.1, -0.05) is 212 Å². The van der Waals surface area contributed by atoms with Gasteiger partial charge in [0.25, 0.3) is 0 Å². The van der Waals surface area contributed by atoms with Crippen LogP contribution in [-0.2, 0) is 28.6 Å². The largest absolute Gasteiger partial charge is 0.462 e. The summed E-state index contributed by atoms with van der Waals surface area (Å²) < 4.78 is 16.8. The first-order valence-corrected chi connectivity index (χ1v) is 25.8. The summed E-state index contributed by atoms with van der Waals surface area (Å²) in [6, 6.07) is 0.